The van der Waals surface area contributed by atoms with Crippen molar-refractivity contribution in [2.75, 3.05) is 0 Å². The van der Waals surface area contributed by atoms with Crippen molar-refractivity contribution in [1.29, 1.82) is 0 Å². The first-order valence-corrected chi connectivity index (χ1v) is 6.40. The number of hydrogen-bond donors (Lipinski definition) is 2. The van der Waals surface area contributed by atoms with Gasteiger partial charge in [0, 0.05) is 11.8 Å². The molecule has 0 radical (unpaired) electrons. The molecule has 4 heteroatoms. The number of rotatable bonds is 5. The maximum atomic E-state index is 12.3. The topological polar surface area (TPSA) is 68.1 Å². The molecule has 104 valence electrons. The lowest BCUT2D eigenvalue weighted by atomic mass is 10.1. The quantitative estimate of drug-likeness (QED) is 0.820. The van der Waals surface area contributed by atoms with Crippen LogP contribution in [-0.2, 0) is 6.61 Å². The SMILES string of the molecule is C=CC(N)c1c[nH]c(C)c(OCc2ccccc2)c1=O. The minimum Gasteiger partial charge on any atom is -0.483 e. The van der Waals surface area contributed by atoms with Crippen LogP contribution in [0.4, 0.5) is 0 Å². The summed E-state index contributed by atoms with van der Waals surface area (Å²) >= 11 is 0. The zero-order valence-corrected chi connectivity index (χ0v) is 11.4. The predicted octanol–water partition coefficient (Wildman–Crippen LogP) is 2.45. The lowest BCUT2D eigenvalue weighted by molar-refractivity contribution is 0.299. The van der Waals surface area contributed by atoms with Crippen LogP contribution in [0, 0.1) is 6.92 Å². The van der Waals surface area contributed by atoms with Crippen molar-refractivity contribution in [3.63, 3.8) is 0 Å². The summed E-state index contributed by atoms with van der Waals surface area (Å²) in [4.78, 5) is 15.3. The van der Waals surface area contributed by atoms with Gasteiger partial charge in [-0.1, -0.05) is 36.4 Å². The summed E-state index contributed by atoms with van der Waals surface area (Å²) in [5, 5.41) is 0. The largest absolute Gasteiger partial charge is 0.483 e. The van der Waals surface area contributed by atoms with Crippen LogP contribution in [0.25, 0.3) is 0 Å². The van der Waals surface area contributed by atoms with E-state index < -0.39 is 6.04 Å². The number of H-pyrrole nitrogens is 1. The smallest absolute Gasteiger partial charge is 0.228 e. The molecule has 4 nitrogen and oxygen atoms in total. The molecule has 0 fully saturated rings. The average molecular weight is 270 g/mol. The Morgan fingerprint density at radius 3 is 2.75 bits per heavy atom. The summed E-state index contributed by atoms with van der Waals surface area (Å²) in [5.41, 5.74) is 7.78. The van der Waals surface area contributed by atoms with Gasteiger partial charge in [0.2, 0.25) is 5.43 Å². The van der Waals surface area contributed by atoms with Crippen LogP contribution in [0.3, 0.4) is 0 Å². The fourth-order valence-electron chi connectivity index (χ4n) is 1.90. The van der Waals surface area contributed by atoms with Crippen molar-refractivity contribution in [2.45, 2.75) is 19.6 Å². The van der Waals surface area contributed by atoms with E-state index in [1.165, 1.54) is 6.08 Å². The van der Waals surface area contributed by atoms with Crippen LogP contribution in [0.15, 0.2) is 54.0 Å². The molecule has 1 heterocycles. The van der Waals surface area contributed by atoms with Crippen molar-refractivity contribution >= 4 is 0 Å². The van der Waals surface area contributed by atoms with Crippen LogP contribution in [-0.4, -0.2) is 4.98 Å². The van der Waals surface area contributed by atoms with Gasteiger partial charge in [0.05, 0.1) is 11.7 Å². The molecule has 0 aliphatic carbocycles. The van der Waals surface area contributed by atoms with Crippen LogP contribution in [0.1, 0.15) is 22.9 Å². The second-order valence-electron chi connectivity index (χ2n) is 4.56. The predicted molar refractivity (Wildman–Crippen MR) is 79.7 cm³/mol. The van der Waals surface area contributed by atoms with Crippen molar-refractivity contribution < 1.29 is 4.74 Å². The normalized spacial score (nSPS) is 11.9. The van der Waals surface area contributed by atoms with E-state index in [0.717, 1.165) is 5.56 Å². The van der Waals surface area contributed by atoms with Gasteiger partial charge >= 0.3 is 0 Å². The Labute approximate surface area is 117 Å². The third-order valence-corrected chi connectivity index (χ3v) is 3.09. The maximum Gasteiger partial charge on any atom is 0.228 e. The van der Waals surface area contributed by atoms with Crippen molar-refractivity contribution in [1.82, 2.24) is 4.98 Å². The Morgan fingerprint density at radius 1 is 1.40 bits per heavy atom. The average Bonchev–Trinajstić information content (AvgIpc) is 2.47. The summed E-state index contributed by atoms with van der Waals surface area (Å²) in [6.45, 7) is 5.75. The molecule has 0 aliphatic rings. The molecule has 2 rings (SSSR count). The first kappa shape index (κ1) is 14.1. The molecule has 0 aliphatic heterocycles. The monoisotopic (exact) mass is 270 g/mol. The summed E-state index contributed by atoms with van der Waals surface area (Å²) in [5.74, 6) is 0.309. The number of nitrogens with two attached hydrogens (primary N) is 1. The first-order valence-electron chi connectivity index (χ1n) is 6.40. The third kappa shape index (κ3) is 2.97. The molecule has 1 aromatic heterocycles. The number of aryl methyl sites for hydroxylation is 1. The minimum atomic E-state index is -0.501. The van der Waals surface area contributed by atoms with Gasteiger partial charge in [-0.25, -0.2) is 0 Å². The van der Waals surface area contributed by atoms with Gasteiger partial charge in [0.25, 0.3) is 0 Å². The van der Waals surface area contributed by atoms with Gasteiger partial charge in [0.1, 0.15) is 6.61 Å². The van der Waals surface area contributed by atoms with E-state index in [9.17, 15) is 4.79 Å². The molecule has 20 heavy (non-hydrogen) atoms. The maximum absolute atomic E-state index is 12.3. The van der Waals surface area contributed by atoms with Crippen molar-refractivity contribution in [3.8, 4) is 5.75 Å². The number of ether oxygens (including phenoxy) is 1. The van der Waals surface area contributed by atoms with Gasteiger partial charge in [-0.15, -0.1) is 6.58 Å². The van der Waals surface area contributed by atoms with E-state index >= 15 is 0 Å². The van der Waals surface area contributed by atoms with Crippen molar-refractivity contribution in [3.05, 3.63) is 76.2 Å². The van der Waals surface area contributed by atoms with Gasteiger partial charge in [-0.3, -0.25) is 4.79 Å². The molecule has 0 bridgehead atoms. The number of aromatic nitrogens is 1. The van der Waals surface area contributed by atoms with Gasteiger partial charge < -0.3 is 15.5 Å². The number of hydrogen-bond acceptors (Lipinski definition) is 3. The molecule has 3 N–H and O–H groups in total. The highest BCUT2D eigenvalue weighted by molar-refractivity contribution is 5.34. The molecule has 1 unspecified atom stereocenters. The second-order valence-corrected chi connectivity index (χ2v) is 4.56. The van der Waals surface area contributed by atoms with E-state index in [1.807, 2.05) is 30.3 Å². The van der Waals surface area contributed by atoms with Crippen molar-refractivity contribution in [2.24, 2.45) is 5.73 Å². The summed E-state index contributed by atoms with van der Waals surface area (Å²) in [7, 11) is 0. The molecule has 1 atom stereocenters. The van der Waals surface area contributed by atoms with Crippen LogP contribution in [0.5, 0.6) is 5.75 Å². The van der Waals surface area contributed by atoms with E-state index in [2.05, 4.69) is 11.6 Å². The highest BCUT2D eigenvalue weighted by Gasteiger charge is 2.14. The summed E-state index contributed by atoms with van der Waals surface area (Å²) < 4.78 is 5.66. The van der Waals surface area contributed by atoms with Crippen LogP contribution >= 0.6 is 0 Å². The number of nitrogens with one attached hydrogen (secondary N) is 1. The number of aromatic amines is 1. The molecule has 0 amide bonds. The molecule has 0 saturated heterocycles. The lowest BCUT2D eigenvalue weighted by Crippen LogP contribution is -2.21. The third-order valence-electron chi connectivity index (χ3n) is 3.09. The minimum absolute atomic E-state index is 0.190. The zero-order valence-electron chi connectivity index (χ0n) is 11.4. The number of benzene rings is 1. The Balaban J connectivity index is 2.27. The molecular formula is C16H18N2O2. The molecule has 1 aromatic carbocycles. The van der Waals surface area contributed by atoms with Gasteiger partial charge in [0.15, 0.2) is 5.75 Å². The first-order chi connectivity index (χ1) is 9.63. The Hall–Kier alpha value is -2.33. The number of pyridine rings is 1. The second kappa shape index (κ2) is 6.21. The lowest BCUT2D eigenvalue weighted by Gasteiger charge is -2.12. The van der Waals surface area contributed by atoms with Crippen LogP contribution < -0.4 is 15.9 Å². The van der Waals surface area contributed by atoms with E-state index in [-0.39, 0.29) is 5.43 Å². The Morgan fingerprint density at radius 2 is 2.10 bits per heavy atom. The molecule has 0 saturated carbocycles. The van der Waals surface area contributed by atoms with Gasteiger partial charge in [-0.05, 0) is 12.5 Å². The molecule has 2 aromatic rings. The van der Waals surface area contributed by atoms with Crippen LogP contribution in [0.2, 0.25) is 0 Å². The Kier molecular flexibility index (Phi) is 4.38. The van der Waals surface area contributed by atoms with E-state index in [0.29, 0.717) is 23.6 Å². The zero-order chi connectivity index (χ0) is 14.5. The standard InChI is InChI=1S/C16H18N2O2/c1-3-14(17)13-9-18-11(2)16(15(13)19)20-10-12-7-5-4-6-8-12/h3-9,14H,1,10,17H2,2H3,(H,18,19). The highest BCUT2D eigenvalue weighted by atomic mass is 16.5. The molecule has 0 spiro atoms. The Bertz CT molecular complexity index is 647. The van der Waals surface area contributed by atoms with Gasteiger partial charge in [-0.2, -0.15) is 0 Å². The van der Waals surface area contributed by atoms with E-state index in [4.69, 9.17) is 10.5 Å². The summed E-state index contributed by atoms with van der Waals surface area (Å²) in [6, 6.07) is 9.19. The molecular weight excluding hydrogens is 252 g/mol. The summed E-state index contributed by atoms with van der Waals surface area (Å²) in [6.07, 6.45) is 3.14. The fourth-order valence-corrected chi connectivity index (χ4v) is 1.90. The fraction of sp³-hybridized carbons (Fsp3) is 0.188. The highest BCUT2D eigenvalue weighted by Crippen LogP contribution is 2.15. The van der Waals surface area contributed by atoms with E-state index in [1.54, 1.807) is 13.1 Å².